The van der Waals surface area contributed by atoms with Crippen molar-refractivity contribution in [3.8, 4) is 0 Å². The molecule has 2 rings (SSSR count). The third-order valence-corrected chi connectivity index (χ3v) is 3.38. The lowest BCUT2D eigenvalue weighted by molar-refractivity contribution is -0.133. The first-order valence-electron chi connectivity index (χ1n) is 5.87. The normalized spacial score (nSPS) is 28.3. The van der Waals surface area contributed by atoms with Crippen molar-refractivity contribution in [1.82, 2.24) is 4.90 Å². The Morgan fingerprint density at radius 1 is 1.33 bits per heavy atom. The summed E-state index contributed by atoms with van der Waals surface area (Å²) in [4.78, 5) is 13.9. The molecular weight excluding hydrogens is 192 g/mol. The Kier molecular flexibility index (Phi) is 3.59. The summed E-state index contributed by atoms with van der Waals surface area (Å²) < 4.78 is 5.27. The maximum Gasteiger partial charge on any atom is 0.222 e. The summed E-state index contributed by atoms with van der Waals surface area (Å²) in [6.07, 6.45) is 3.61. The van der Waals surface area contributed by atoms with Gasteiger partial charge in [0.25, 0.3) is 0 Å². The highest BCUT2D eigenvalue weighted by atomic mass is 16.5. The van der Waals surface area contributed by atoms with Crippen LogP contribution in [0.3, 0.4) is 0 Å². The van der Waals surface area contributed by atoms with Crippen molar-refractivity contribution in [2.75, 3.05) is 26.3 Å². The fourth-order valence-corrected chi connectivity index (χ4v) is 2.27. The summed E-state index contributed by atoms with van der Waals surface area (Å²) in [5, 5.41) is 0. The number of carbonyl (C=O) groups excluding carboxylic acids is 1. The molecule has 2 saturated heterocycles. The fourth-order valence-electron chi connectivity index (χ4n) is 2.27. The minimum Gasteiger partial charge on any atom is -0.381 e. The van der Waals surface area contributed by atoms with Crippen molar-refractivity contribution in [2.24, 2.45) is 11.7 Å². The van der Waals surface area contributed by atoms with E-state index in [0.29, 0.717) is 18.4 Å². The number of nitrogens with zero attached hydrogens (tertiary/aromatic N) is 1. The van der Waals surface area contributed by atoms with Crippen molar-refractivity contribution in [3.63, 3.8) is 0 Å². The van der Waals surface area contributed by atoms with Crippen molar-refractivity contribution < 1.29 is 9.53 Å². The van der Waals surface area contributed by atoms with Crippen LogP contribution >= 0.6 is 0 Å². The van der Waals surface area contributed by atoms with E-state index < -0.39 is 0 Å². The second-order valence-corrected chi connectivity index (χ2v) is 4.65. The molecule has 0 aliphatic carbocycles. The van der Waals surface area contributed by atoms with Gasteiger partial charge in [-0.05, 0) is 25.2 Å². The second kappa shape index (κ2) is 4.94. The molecule has 1 atom stereocenters. The maximum atomic E-state index is 11.9. The molecular formula is C11H20N2O2. The minimum atomic E-state index is 0.289. The first-order chi connectivity index (χ1) is 7.25. The molecule has 0 saturated carbocycles. The molecule has 0 unspecified atom stereocenters. The molecule has 0 radical (unpaired) electrons. The zero-order chi connectivity index (χ0) is 10.7. The Morgan fingerprint density at radius 2 is 2.07 bits per heavy atom. The van der Waals surface area contributed by atoms with Gasteiger partial charge in [0.2, 0.25) is 5.91 Å². The Balaban J connectivity index is 1.75. The molecule has 15 heavy (non-hydrogen) atoms. The van der Waals surface area contributed by atoms with Gasteiger partial charge in [0.15, 0.2) is 0 Å². The quantitative estimate of drug-likeness (QED) is 0.719. The molecule has 4 nitrogen and oxygen atoms in total. The van der Waals surface area contributed by atoms with Gasteiger partial charge in [0.1, 0.15) is 0 Å². The number of likely N-dealkylation sites (tertiary alicyclic amines) is 1. The first kappa shape index (κ1) is 10.9. The average Bonchev–Trinajstić information content (AvgIpc) is 2.71. The van der Waals surface area contributed by atoms with Crippen LogP contribution in [0.2, 0.25) is 0 Å². The van der Waals surface area contributed by atoms with Crippen molar-refractivity contribution in [1.29, 1.82) is 0 Å². The van der Waals surface area contributed by atoms with Gasteiger partial charge in [0.05, 0.1) is 0 Å². The average molecular weight is 212 g/mol. The lowest BCUT2D eigenvalue weighted by Gasteiger charge is -2.30. The highest BCUT2D eigenvalue weighted by molar-refractivity contribution is 5.76. The van der Waals surface area contributed by atoms with Crippen LogP contribution < -0.4 is 5.73 Å². The highest BCUT2D eigenvalue weighted by Crippen LogP contribution is 2.19. The van der Waals surface area contributed by atoms with E-state index in [-0.39, 0.29) is 5.91 Å². The van der Waals surface area contributed by atoms with E-state index in [2.05, 4.69) is 0 Å². The lowest BCUT2D eigenvalue weighted by Crippen LogP contribution is -2.43. The van der Waals surface area contributed by atoms with Crippen LogP contribution in [0.5, 0.6) is 0 Å². The van der Waals surface area contributed by atoms with Crippen molar-refractivity contribution >= 4 is 5.91 Å². The standard InChI is InChI=1S/C11H20N2O2/c12-10-1-4-13(5-2-10)11(14)7-9-3-6-15-8-9/h9-10H,1-8,12H2/t9-/m0/s1. The van der Waals surface area contributed by atoms with Crippen LogP contribution in [0.25, 0.3) is 0 Å². The predicted molar refractivity (Wildman–Crippen MR) is 57.3 cm³/mol. The molecule has 0 spiro atoms. The Labute approximate surface area is 90.8 Å². The van der Waals surface area contributed by atoms with E-state index in [1.54, 1.807) is 0 Å². The Hall–Kier alpha value is -0.610. The maximum absolute atomic E-state index is 11.9. The van der Waals surface area contributed by atoms with Gasteiger partial charge in [-0.3, -0.25) is 4.79 Å². The third kappa shape index (κ3) is 2.92. The van der Waals surface area contributed by atoms with E-state index in [1.165, 1.54) is 0 Å². The highest BCUT2D eigenvalue weighted by Gasteiger charge is 2.25. The molecule has 86 valence electrons. The largest absolute Gasteiger partial charge is 0.381 e. The Bertz CT molecular complexity index is 219. The molecule has 0 aromatic heterocycles. The molecule has 0 aromatic rings. The van der Waals surface area contributed by atoms with Gasteiger partial charge < -0.3 is 15.4 Å². The van der Waals surface area contributed by atoms with Crippen molar-refractivity contribution in [2.45, 2.75) is 31.7 Å². The zero-order valence-electron chi connectivity index (χ0n) is 9.15. The summed E-state index contributed by atoms with van der Waals surface area (Å²) in [5.74, 6) is 0.741. The summed E-state index contributed by atoms with van der Waals surface area (Å²) in [6.45, 7) is 3.27. The number of ether oxygens (including phenoxy) is 1. The summed E-state index contributed by atoms with van der Waals surface area (Å²) in [6, 6.07) is 0.295. The molecule has 0 aromatic carbocycles. The monoisotopic (exact) mass is 212 g/mol. The lowest BCUT2D eigenvalue weighted by atomic mass is 10.0. The van der Waals surface area contributed by atoms with Crippen molar-refractivity contribution in [3.05, 3.63) is 0 Å². The predicted octanol–water partition coefficient (Wildman–Crippen LogP) is 0.363. The van der Waals surface area contributed by atoms with E-state index in [4.69, 9.17) is 10.5 Å². The smallest absolute Gasteiger partial charge is 0.222 e. The van der Waals surface area contributed by atoms with Gasteiger partial charge >= 0.3 is 0 Å². The van der Waals surface area contributed by atoms with Gasteiger partial charge in [-0.1, -0.05) is 0 Å². The topological polar surface area (TPSA) is 55.6 Å². The van der Waals surface area contributed by atoms with E-state index in [1.807, 2.05) is 4.90 Å². The number of hydrogen-bond acceptors (Lipinski definition) is 3. The fraction of sp³-hybridized carbons (Fsp3) is 0.909. The molecule has 2 aliphatic rings. The number of nitrogens with two attached hydrogens (primary N) is 1. The third-order valence-electron chi connectivity index (χ3n) is 3.38. The first-order valence-corrected chi connectivity index (χ1v) is 5.87. The van der Waals surface area contributed by atoms with Crippen LogP contribution in [0.1, 0.15) is 25.7 Å². The minimum absolute atomic E-state index is 0.289. The van der Waals surface area contributed by atoms with Gasteiger partial charge in [0, 0.05) is 38.8 Å². The van der Waals surface area contributed by atoms with Crippen LogP contribution in [0, 0.1) is 5.92 Å². The molecule has 2 fully saturated rings. The number of amides is 1. The molecule has 2 N–H and O–H groups in total. The molecule has 4 heteroatoms. The van der Waals surface area contributed by atoms with E-state index in [9.17, 15) is 4.79 Å². The number of carbonyl (C=O) groups is 1. The molecule has 2 aliphatic heterocycles. The van der Waals surface area contributed by atoms with Crippen LogP contribution in [0.4, 0.5) is 0 Å². The molecule has 1 amide bonds. The number of rotatable bonds is 2. The SMILES string of the molecule is NC1CCN(C(=O)C[C@@H]2CCOC2)CC1. The summed E-state index contributed by atoms with van der Waals surface area (Å²) in [7, 11) is 0. The van der Waals surface area contributed by atoms with Crippen LogP contribution in [0.15, 0.2) is 0 Å². The van der Waals surface area contributed by atoms with Gasteiger partial charge in [-0.15, -0.1) is 0 Å². The van der Waals surface area contributed by atoms with E-state index in [0.717, 1.165) is 45.6 Å². The zero-order valence-corrected chi connectivity index (χ0v) is 9.15. The summed E-state index contributed by atoms with van der Waals surface area (Å²) >= 11 is 0. The van der Waals surface area contributed by atoms with Crippen LogP contribution in [-0.2, 0) is 9.53 Å². The molecule has 0 bridgehead atoms. The van der Waals surface area contributed by atoms with Gasteiger partial charge in [-0.2, -0.15) is 0 Å². The van der Waals surface area contributed by atoms with E-state index >= 15 is 0 Å². The summed E-state index contributed by atoms with van der Waals surface area (Å²) in [5.41, 5.74) is 5.80. The Morgan fingerprint density at radius 3 is 2.67 bits per heavy atom. The number of hydrogen-bond donors (Lipinski definition) is 1. The second-order valence-electron chi connectivity index (χ2n) is 4.65. The van der Waals surface area contributed by atoms with Gasteiger partial charge in [-0.25, -0.2) is 0 Å². The molecule has 2 heterocycles. The van der Waals surface area contributed by atoms with Crippen LogP contribution in [-0.4, -0.2) is 43.2 Å². The number of piperidine rings is 1.